The molecule has 1 aromatic rings. The molecule has 1 aliphatic carbocycles. The van der Waals surface area contributed by atoms with Gasteiger partial charge in [0.05, 0.1) is 12.0 Å². The minimum Gasteiger partial charge on any atom is -0.333 e. The fourth-order valence-electron chi connectivity index (χ4n) is 2.69. The summed E-state index contributed by atoms with van der Waals surface area (Å²) < 4.78 is 2.22. The molecule has 3 heteroatoms. The number of hydrogen-bond acceptors (Lipinski definition) is 2. The van der Waals surface area contributed by atoms with Crippen molar-refractivity contribution in [2.24, 2.45) is 17.6 Å². The third-order valence-electron chi connectivity index (χ3n) is 3.51. The molecule has 2 N–H and O–H groups in total. The molecule has 15 heavy (non-hydrogen) atoms. The third-order valence-corrected chi connectivity index (χ3v) is 3.51. The summed E-state index contributed by atoms with van der Waals surface area (Å²) in [7, 11) is 0. The summed E-state index contributed by atoms with van der Waals surface area (Å²) in [6, 6.07) is 0. The topological polar surface area (TPSA) is 43.8 Å². The van der Waals surface area contributed by atoms with E-state index in [1.807, 2.05) is 12.5 Å². The predicted octanol–water partition coefficient (Wildman–Crippen LogP) is 2.17. The van der Waals surface area contributed by atoms with E-state index in [1.54, 1.807) is 0 Å². The van der Waals surface area contributed by atoms with Crippen LogP contribution in [0, 0.1) is 11.8 Å². The lowest BCUT2D eigenvalue weighted by molar-refractivity contribution is 0.255. The van der Waals surface area contributed by atoms with Gasteiger partial charge >= 0.3 is 0 Å². The van der Waals surface area contributed by atoms with Crippen molar-refractivity contribution in [2.45, 2.75) is 45.7 Å². The van der Waals surface area contributed by atoms with Crippen molar-refractivity contribution < 1.29 is 0 Å². The molecule has 0 aromatic carbocycles. The molecule has 84 valence electrons. The van der Waals surface area contributed by atoms with Crippen LogP contribution >= 0.6 is 0 Å². The Labute approximate surface area is 91.7 Å². The number of nitrogens with two attached hydrogens (primary N) is 1. The largest absolute Gasteiger partial charge is 0.333 e. The van der Waals surface area contributed by atoms with E-state index in [0.717, 1.165) is 24.1 Å². The summed E-state index contributed by atoms with van der Waals surface area (Å²) in [5.74, 6) is 1.72. The predicted molar refractivity (Wildman–Crippen MR) is 61.2 cm³/mol. The Kier molecular flexibility index (Phi) is 3.41. The van der Waals surface area contributed by atoms with Crippen LogP contribution in [0.15, 0.2) is 12.5 Å². The van der Waals surface area contributed by atoms with Crippen LogP contribution in [0.5, 0.6) is 0 Å². The fourth-order valence-corrected chi connectivity index (χ4v) is 2.69. The second kappa shape index (κ2) is 4.79. The third kappa shape index (κ3) is 2.59. The molecule has 0 bridgehead atoms. The number of aromatic nitrogens is 2. The Balaban J connectivity index is 1.96. The van der Waals surface area contributed by atoms with Crippen LogP contribution in [0.25, 0.3) is 0 Å². The highest BCUT2D eigenvalue weighted by molar-refractivity contribution is 4.97. The van der Waals surface area contributed by atoms with Crippen molar-refractivity contribution in [2.75, 3.05) is 0 Å². The molecule has 2 rings (SSSR count). The standard InChI is InChI=1S/C12H21N3/c1-10-3-2-4-11(5-10)8-15-9-14-7-12(15)6-13/h7,9-11H,2-6,8,13H2,1H3. The average Bonchev–Trinajstić information content (AvgIpc) is 2.65. The van der Waals surface area contributed by atoms with Crippen LogP contribution in [0.2, 0.25) is 0 Å². The Morgan fingerprint density at radius 3 is 3.13 bits per heavy atom. The molecule has 0 radical (unpaired) electrons. The van der Waals surface area contributed by atoms with Gasteiger partial charge in [-0.1, -0.05) is 19.8 Å². The van der Waals surface area contributed by atoms with E-state index in [2.05, 4.69) is 16.5 Å². The molecule has 0 saturated heterocycles. The monoisotopic (exact) mass is 207 g/mol. The number of imidazole rings is 1. The lowest BCUT2D eigenvalue weighted by atomic mass is 9.82. The second-order valence-corrected chi connectivity index (χ2v) is 4.88. The Morgan fingerprint density at radius 1 is 1.53 bits per heavy atom. The van der Waals surface area contributed by atoms with Gasteiger partial charge in [-0.15, -0.1) is 0 Å². The Hall–Kier alpha value is -0.830. The maximum Gasteiger partial charge on any atom is 0.0948 e. The molecular formula is C12H21N3. The van der Waals surface area contributed by atoms with E-state index in [9.17, 15) is 0 Å². The Morgan fingerprint density at radius 2 is 2.40 bits per heavy atom. The molecule has 0 aliphatic heterocycles. The van der Waals surface area contributed by atoms with Gasteiger partial charge in [-0.05, 0) is 24.7 Å². The lowest BCUT2D eigenvalue weighted by Gasteiger charge is -2.27. The zero-order valence-electron chi connectivity index (χ0n) is 9.52. The van der Waals surface area contributed by atoms with Crippen molar-refractivity contribution in [3.05, 3.63) is 18.2 Å². The smallest absolute Gasteiger partial charge is 0.0948 e. The first-order valence-corrected chi connectivity index (χ1v) is 5.98. The molecular weight excluding hydrogens is 186 g/mol. The summed E-state index contributed by atoms with van der Waals surface area (Å²) in [5, 5.41) is 0. The molecule has 1 aromatic heterocycles. The van der Waals surface area contributed by atoms with Gasteiger partial charge in [-0.2, -0.15) is 0 Å². The van der Waals surface area contributed by atoms with E-state index in [-0.39, 0.29) is 0 Å². The van der Waals surface area contributed by atoms with Gasteiger partial charge in [0.1, 0.15) is 0 Å². The number of nitrogens with zero attached hydrogens (tertiary/aromatic N) is 2. The highest BCUT2D eigenvalue weighted by Crippen LogP contribution is 2.29. The van der Waals surface area contributed by atoms with Crippen LogP contribution in [0.3, 0.4) is 0 Å². The van der Waals surface area contributed by atoms with Crippen molar-refractivity contribution in [3.8, 4) is 0 Å². The van der Waals surface area contributed by atoms with E-state index in [4.69, 9.17) is 5.73 Å². The summed E-state index contributed by atoms with van der Waals surface area (Å²) in [6.45, 7) is 4.07. The molecule has 1 saturated carbocycles. The van der Waals surface area contributed by atoms with E-state index in [1.165, 1.54) is 25.7 Å². The zero-order valence-corrected chi connectivity index (χ0v) is 9.52. The van der Waals surface area contributed by atoms with Crippen LogP contribution in [-0.2, 0) is 13.1 Å². The average molecular weight is 207 g/mol. The highest BCUT2D eigenvalue weighted by Gasteiger charge is 2.19. The number of hydrogen-bond donors (Lipinski definition) is 1. The summed E-state index contributed by atoms with van der Waals surface area (Å²) in [6.07, 6.45) is 9.32. The van der Waals surface area contributed by atoms with E-state index < -0.39 is 0 Å². The summed E-state index contributed by atoms with van der Waals surface area (Å²) >= 11 is 0. The van der Waals surface area contributed by atoms with Crippen LogP contribution in [-0.4, -0.2) is 9.55 Å². The first-order valence-electron chi connectivity index (χ1n) is 5.98. The van der Waals surface area contributed by atoms with Crippen molar-refractivity contribution in [1.82, 2.24) is 9.55 Å². The van der Waals surface area contributed by atoms with Crippen molar-refractivity contribution in [1.29, 1.82) is 0 Å². The van der Waals surface area contributed by atoms with Gasteiger partial charge in [0.2, 0.25) is 0 Å². The maximum atomic E-state index is 5.67. The minimum atomic E-state index is 0.599. The molecule has 1 heterocycles. The van der Waals surface area contributed by atoms with E-state index >= 15 is 0 Å². The quantitative estimate of drug-likeness (QED) is 0.825. The van der Waals surface area contributed by atoms with Crippen LogP contribution in [0.1, 0.15) is 38.3 Å². The highest BCUT2D eigenvalue weighted by atomic mass is 15.1. The van der Waals surface area contributed by atoms with Crippen molar-refractivity contribution >= 4 is 0 Å². The van der Waals surface area contributed by atoms with Gasteiger partial charge in [0.15, 0.2) is 0 Å². The first kappa shape index (κ1) is 10.7. The molecule has 1 aliphatic rings. The molecule has 3 nitrogen and oxygen atoms in total. The number of rotatable bonds is 3. The molecule has 2 atom stereocenters. The minimum absolute atomic E-state index is 0.599. The maximum absolute atomic E-state index is 5.67. The van der Waals surface area contributed by atoms with Gasteiger partial charge in [-0.25, -0.2) is 4.98 Å². The van der Waals surface area contributed by atoms with Crippen LogP contribution in [0.4, 0.5) is 0 Å². The summed E-state index contributed by atoms with van der Waals surface area (Å²) in [4.78, 5) is 4.16. The van der Waals surface area contributed by atoms with Crippen molar-refractivity contribution in [3.63, 3.8) is 0 Å². The Bertz CT molecular complexity index is 306. The normalized spacial score (nSPS) is 26.8. The molecule has 1 fully saturated rings. The molecule has 0 spiro atoms. The molecule has 2 unspecified atom stereocenters. The second-order valence-electron chi connectivity index (χ2n) is 4.88. The van der Waals surface area contributed by atoms with Gasteiger partial charge in [0, 0.05) is 19.3 Å². The van der Waals surface area contributed by atoms with E-state index in [0.29, 0.717) is 6.54 Å². The lowest BCUT2D eigenvalue weighted by Crippen LogP contribution is -2.19. The summed E-state index contributed by atoms with van der Waals surface area (Å²) in [5.41, 5.74) is 6.83. The van der Waals surface area contributed by atoms with Gasteiger partial charge < -0.3 is 10.3 Å². The first-order chi connectivity index (χ1) is 7.29. The van der Waals surface area contributed by atoms with Crippen LogP contribution < -0.4 is 5.73 Å². The zero-order chi connectivity index (χ0) is 10.7. The molecule has 0 amide bonds. The van der Waals surface area contributed by atoms with Gasteiger partial charge in [-0.3, -0.25) is 0 Å². The SMILES string of the molecule is CC1CCCC(Cn2cncc2CN)C1. The fraction of sp³-hybridized carbons (Fsp3) is 0.750. The van der Waals surface area contributed by atoms with Gasteiger partial charge in [0.25, 0.3) is 0 Å².